The molecule has 0 atom stereocenters. The molecule has 0 unspecified atom stereocenters. The van der Waals surface area contributed by atoms with Gasteiger partial charge < -0.3 is 20.7 Å². The van der Waals surface area contributed by atoms with E-state index in [1.165, 1.54) is 6.92 Å². The van der Waals surface area contributed by atoms with Gasteiger partial charge in [-0.1, -0.05) is 37.3 Å². The van der Waals surface area contributed by atoms with Crippen molar-refractivity contribution >= 4 is 34.8 Å². The van der Waals surface area contributed by atoms with Gasteiger partial charge in [0.2, 0.25) is 17.7 Å². The summed E-state index contributed by atoms with van der Waals surface area (Å²) in [6.07, 6.45) is 0.228. The van der Waals surface area contributed by atoms with E-state index in [4.69, 9.17) is 4.74 Å². The third-order valence-corrected chi connectivity index (χ3v) is 5.09. The summed E-state index contributed by atoms with van der Waals surface area (Å²) in [6.45, 7) is 4.59. The van der Waals surface area contributed by atoms with Crippen LogP contribution >= 0.6 is 0 Å². The number of carbonyl (C=O) groups is 3. The number of nitrogens with zero attached hydrogens (tertiary/aromatic N) is 1. The van der Waals surface area contributed by atoms with E-state index >= 15 is 0 Å². The Morgan fingerprint density at radius 3 is 2.06 bits per heavy atom. The van der Waals surface area contributed by atoms with E-state index < -0.39 is 0 Å². The summed E-state index contributed by atoms with van der Waals surface area (Å²) in [5.74, 6) is 0.740. The first-order valence-electron chi connectivity index (χ1n) is 11.4. The highest BCUT2D eigenvalue weighted by Crippen LogP contribution is 2.29. The van der Waals surface area contributed by atoms with E-state index in [2.05, 4.69) is 16.0 Å². The summed E-state index contributed by atoms with van der Waals surface area (Å²) < 4.78 is 5.89. The predicted molar refractivity (Wildman–Crippen MR) is 138 cm³/mol. The number of likely N-dealkylation sites (N-methyl/N-ethyl adjacent to an activating group) is 1. The number of amides is 3. The first kappa shape index (κ1) is 25.5. The van der Waals surface area contributed by atoms with Crippen molar-refractivity contribution < 1.29 is 19.1 Å². The Morgan fingerprint density at radius 1 is 0.771 bits per heavy atom. The topological polar surface area (TPSA) is 99.8 Å². The molecule has 0 saturated heterocycles. The van der Waals surface area contributed by atoms with Crippen LogP contribution in [-0.4, -0.2) is 42.3 Å². The Morgan fingerprint density at radius 2 is 1.40 bits per heavy atom. The molecular weight excluding hydrogens is 444 g/mol. The lowest BCUT2D eigenvalue weighted by Gasteiger charge is -2.20. The van der Waals surface area contributed by atoms with Gasteiger partial charge in [-0.2, -0.15) is 0 Å². The first-order valence-corrected chi connectivity index (χ1v) is 11.4. The zero-order chi connectivity index (χ0) is 25.0. The molecule has 3 amide bonds. The summed E-state index contributed by atoms with van der Waals surface area (Å²) in [7, 11) is 0. The molecular formula is C27H30N4O4. The number of para-hydroxylation sites is 3. The summed E-state index contributed by atoms with van der Waals surface area (Å²) in [5, 5.41) is 8.42. The molecule has 3 rings (SSSR count). The van der Waals surface area contributed by atoms with Crippen molar-refractivity contribution in [3.63, 3.8) is 0 Å². The summed E-state index contributed by atoms with van der Waals surface area (Å²) >= 11 is 0. The van der Waals surface area contributed by atoms with Crippen LogP contribution in [0.25, 0.3) is 0 Å². The average Bonchev–Trinajstić information content (AvgIpc) is 2.84. The molecule has 0 aromatic heterocycles. The molecule has 8 heteroatoms. The van der Waals surface area contributed by atoms with Crippen molar-refractivity contribution in [3.05, 3.63) is 78.9 Å². The van der Waals surface area contributed by atoms with Gasteiger partial charge in [-0.3, -0.25) is 19.3 Å². The Kier molecular flexibility index (Phi) is 9.39. The van der Waals surface area contributed by atoms with Crippen molar-refractivity contribution in [2.45, 2.75) is 20.3 Å². The van der Waals surface area contributed by atoms with Crippen molar-refractivity contribution in [2.75, 3.05) is 35.6 Å². The second-order valence-corrected chi connectivity index (χ2v) is 7.88. The van der Waals surface area contributed by atoms with Crippen LogP contribution in [0.4, 0.5) is 17.1 Å². The highest BCUT2D eigenvalue weighted by atomic mass is 16.5. The third-order valence-electron chi connectivity index (χ3n) is 5.09. The van der Waals surface area contributed by atoms with Crippen molar-refractivity contribution in [2.24, 2.45) is 0 Å². The molecule has 0 bridgehead atoms. The highest BCUT2D eigenvalue weighted by Gasteiger charge is 2.13. The summed E-state index contributed by atoms with van der Waals surface area (Å²) in [4.78, 5) is 38.1. The standard InChI is InChI=1S/C27H30N4O4/c1-3-31(19-27(34)29-22-15-13-21(14-16-22)28-20(2)32)18-17-26(33)30-24-11-7-8-12-25(24)35-23-9-5-4-6-10-23/h4-16H,3,17-19H2,1-2H3,(H,28,32)(H,29,34)(H,30,33). The van der Waals surface area contributed by atoms with E-state index in [-0.39, 0.29) is 30.7 Å². The fraction of sp³-hybridized carbons (Fsp3) is 0.222. The molecule has 0 heterocycles. The molecule has 0 saturated carbocycles. The Hall–Kier alpha value is -4.17. The lowest BCUT2D eigenvalue weighted by atomic mass is 10.2. The van der Waals surface area contributed by atoms with Crippen molar-refractivity contribution in [1.29, 1.82) is 0 Å². The quantitative estimate of drug-likeness (QED) is 0.373. The maximum atomic E-state index is 12.6. The fourth-order valence-corrected chi connectivity index (χ4v) is 3.34. The molecule has 3 N–H and O–H groups in total. The number of benzene rings is 3. The minimum atomic E-state index is -0.179. The van der Waals surface area contributed by atoms with Gasteiger partial charge in [0, 0.05) is 31.3 Å². The number of ether oxygens (including phenoxy) is 1. The minimum Gasteiger partial charge on any atom is -0.455 e. The van der Waals surface area contributed by atoms with E-state index in [1.807, 2.05) is 54.3 Å². The second-order valence-electron chi connectivity index (χ2n) is 7.88. The van der Waals surface area contributed by atoms with E-state index in [0.717, 1.165) is 0 Å². The molecule has 0 aliphatic carbocycles. The van der Waals surface area contributed by atoms with Crippen LogP contribution in [0.2, 0.25) is 0 Å². The van der Waals surface area contributed by atoms with E-state index in [0.29, 0.717) is 41.7 Å². The van der Waals surface area contributed by atoms with Gasteiger partial charge in [0.25, 0.3) is 0 Å². The lowest BCUT2D eigenvalue weighted by Crippen LogP contribution is -2.35. The molecule has 0 aliphatic heterocycles. The van der Waals surface area contributed by atoms with Gasteiger partial charge in [0.15, 0.2) is 5.75 Å². The van der Waals surface area contributed by atoms with Crippen molar-refractivity contribution in [3.8, 4) is 11.5 Å². The molecule has 3 aromatic carbocycles. The lowest BCUT2D eigenvalue weighted by molar-refractivity contribution is -0.119. The minimum absolute atomic E-state index is 0.156. The van der Waals surface area contributed by atoms with Gasteiger partial charge in [0.1, 0.15) is 5.75 Å². The van der Waals surface area contributed by atoms with Gasteiger partial charge in [0.05, 0.1) is 12.2 Å². The fourth-order valence-electron chi connectivity index (χ4n) is 3.34. The van der Waals surface area contributed by atoms with Crippen LogP contribution in [-0.2, 0) is 14.4 Å². The molecule has 35 heavy (non-hydrogen) atoms. The molecule has 182 valence electrons. The largest absolute Gasteiger partial charge is 0.455 e. The average molecular weight is 475 g/mol. The number of carbonyl (C=O) groups excluding carboxylic acids is 3. The third kappa shape index (κ3) is 8.60. The predicted octanol–water partition coefficient (Wildman–Crippen LogP) is 4.73. The molecule has 0 aliphatic rings. The zero-order valence-corrected chi connectivity index (χ0v) is 19.9. The molecule has 0 radical (unpaired) electrons. The van der Waals surface area contributed by atoms with Gasteiger partial charge >= 0.3 is 0 Å². The summed E-state index contributed by atoms with van der Waals surface area (Å²) in [6, 6.07) is 23.5. The van der Waals surface area contributed by atoms with Gasteiger partial charge in [-0.25, -0.2) is 0 Å². The second kappa shape index (κ2) is 12.9. The monoisotopic (exact) mass is 474 g/mol. The van der Waals surface area contributed by atoms with Gasteiger partial charge in [-0.15, -0.1) is 0 Å². The van der Waals surface area contributed by atoms with Crippen LogP contribution in [0.3, 0.4) is 0 Å². The van der Waals surface area contributed by atoms with Crippen LogP contribution in [0.1, 0.15) is 20.3 Å². The van der Waals surface area contributed by atoms with E-state index in [9.17, 15) is 14.4 Å². The number of hydrogen-bond donors (Lipinski definition) is 3. The van der Waals surface area contributed by atoms with Crippen LogP contribution < -0.4 is 20.7 Å². The smallest absolute Gasteiger partial charge is 0.238 e. The maximum Gasteiger partial charge on any atom is 0.238 e. The Labute approximate surface area is 205 Å². The molecule has 0 spiro atoms. The molecule has 0 fully saturated rings. The SMILES string of the molecule is CCN(CCC(=O)Nc1ccccc1Oc1ccccc1)CC(=O)Nc1ccc(NC(C)=O)cc1. The normalized spacial score (nSPS) is 10.5. The first-order chi connectivity index (χ1) is 16.9. The Bertz CT molecular complexity index is 1130. The number of anilines is 3. The van der Waals surface area contributed by atoms with Crippen LogP contribution in [0, 0.1) is 0 Å². The molecule has 8 nitrogen and oxygen atoms in total. The van der Waals surface area contributed by atoms with Crippen LogP contribution in [0.5, 0.6) is 11.5 Å². The number of rotatable bonds is 11. The number of hydrogen-bond acceptors (Lipinski definition) is 5. The zero-order valence-electron chi connectivity index (χ0n) is 19.9. The Balaban J connectivity index is 1.48. The number of nitrogens with one attached hydrogen (secondary N) is 3. The maximum absolute atomic E-state index is 12.6. The van der Waals surface area contributed by atoms with Gasteiger partial charge in [-0.05, 0) is 55.1 Å². The van der Waals surface area contributed by atoms with E-state index in [1.54, 1.807) is 36.4 Å². The summed E-state index contributed by atoms with van der Waals surface area (Å²) in [5.41, 5.74) is 1.88. The van der Waals surface area contributed by atoms with Crippen molar-refractivity contribution in [1.82, 2.24) is 4.90 Å². The highest BCUT2D eigenvalue weighted by molar-refractivity contribution is 5.94. The molecule has 3 aromatic rings. The van der Waals surface area contributed by atoms with Crippen LogP contribution in [0.15, 0.2) is 78.9 Å².